The van der Waals surface area contributed by atoms with Crippen molar-refractivity contribution < 1.29 is 14.5 Å². The predicted octanol–water partition coefficient (Wildman–Crippen LogP) is 5.50. The Hall–Kier alpha value is -3.25. The van der Waals surface area contributed by atoms with Crippen LogP contribution < -0.4 is 10.6 Å². The van der Waals surface area contributed by atoms with E-state index in [2.05, 4.69) is 86.7 Å². The molecule has 184 valence electrons. The molecule has 4 aromatic rings. The van der Waals surface area contributed by atoms with Crippen LogP contribution in [0.4, 0.5) is 17.3 Å². The van der Waals surface area contributed by atoms with Crippen molar-refractivity contribution in [3.05, 3.63) is 44.1 Å². The molecule has 10 nitrogen and oxygen atoms in total. The number of nitrogens with zero attached hydrogens (tertiary/aromatic N) is 5. The van der Waals surface area contributed by atoms with Crippen LogP contribution in [0.3, 0.4) is 0 Å². The number of rotatable bonds is 6. The van der Waals surface area contributed by atoms with Gasteiger partial charge in [-0.3, -0.25) is 4.79 Å². The largest absolute Gasteiger partial charge is 0.505 e. The van der Waals surface area contributed by atoms with Crippen LogP contribution in [-0.4, -0.2) is 50.3 Å². The number of thiophene rings is 1. The Morgan fingerprint density at radius 2 is 1.77 bits per heavy atom. The normalized spacial score (nSPS) is 12.5. The summed E-state index contributed by atoms with van der Waals surface area (Å²) in [5.74, 6) is 0.142. The van der Waals surface area contributed by atoms with Gasteiger partial charge >= 0.3 is 0 Å². The van der Waals surface area contributed by atoms with E-state index in [0.29, 0.717) is 16.1 Å². The van der Waals surface area contributed by atoms with E-state index < -0.39 is 0 Å². The number of phenolic OH excluding ortho intramolecular Hbond substituents is 1. The van der Waals surface area contributed by atoms with Crippen LogP contribution in [0.1, 0.15) is 46.9 Å². The fourth-order valence-electron chi connectivity index (χ4n) is 3.51. The van der Waals surface area contributed by atoms with Crippen molar-refractivity contribution >= 4 is 61.8 Å². The summed E-state index contributed by atoms with van der Waals surface area (Å²) in [6.07, 6.45) is 0. The lowest BCUT2D eigenvalue weighted by Crippen LogP contribution is -2.26. The molecule has 0 saturated heterocycles. The van der Waals surface area contributed by atoms with Crippen LogP contribution >= 0.6 is 27.3 Å². The van der Waals surface area contributed by atoms with Crippen LogP contribution in [-0.2, 0) is 0 Å². The van der Waals surface area contributed by atoms with Crippen molar-refractivity contribution in [2.45, 2.75) is 33.7 Å². The van der Waals surface area contributed by atoms with E-state index in [0.717, 1.165) is 4.88 Å². The molecular weight excluding hydrogens is 534 g/mol. The van der Waals surface area contributed by atoms with E-state index in [1.807, 2.05) is 0 Å². The van der Waals surface area contributed by atoms with Gasteiger partial charge in [-0.15, -0.1) is 11.3 Å². The molecule has 3 N–H and O–H groups in total. The number of hydrogen-bond acceptors (Lipinski definition) is 10. The molecule has 0 aliphatic heterocycles. The standard InChI is InChI=1S/C23H26BrN7O3S/c1-11-7-10-14(35-11)17(23(2,3)4)26-19-18(27-20-21(28-19)30-34-29-20)25-13-9-8-12(24)15(16(13)32)22(33)31(5)6/h7-10,17,32H,1-6H3,(H,25,27,29)(H,26,28,30)/t17-/m0/s1. The molecule has 35 heavy (non-hydrogen) atoms. The number of aryl methyl sites for hydroxylation is 1. The van der Waals surface area contributed by atoms with E-state index >= 15 is 0 Å². The number of hydrogen-bond donors (Lipinski definition) is 3. The average Bonchev–Trinajstić information content (AvgIpc) is 3.41. The molecule has 0 saturated carbocycles. The molecular formula is C23H26BrN7O3S. The summed E-state index contributed by atoms with van der Waals surface area (Å²) in [6.45, 7) is 8.47. The van der Waals surface area contributed by atoms with Crippen molar-refractivity contribution in [2.75, 3.05) is 24.7 Å². The number of carbonyl (C=O) groups excluding carboxylic acids is 1. The molecule has 4 rings (SSSR count). The molecule has 1 atom stereocenters. The summed E-state index contributed by atoms with van der Waals surface area (Å²) in [5, 5.41) is 25.2. The number of amides is 1. The topological polar surface area (TPSA) is 129 Å². The van der Waals surface area contributed by atoms with Crippen LogP contribution in [0.15, 0.2) is 33.4 Å². The summed E-state index contributed by atoms with van der Waals surface area (Å²) in [7, 11) is 3.23. The highest BCUT2D eigenvalue weighted by molar-refractivity contribution is 9.10. The van der Waals surface area contributed by atoms with Crippen LogP contribution in [0.2, 0.25) is 0 Å². The molecule has 12 heteroatoms. The Kier molecular flexibility index (Phi) is 6.69. The first-order valence-corrected chi connectivity index (χ1v) is 12.4. The highest BCUT2D eigenvalue weighted by Gasteiger charge is 2.30. The zero-order valence-electron chi connectivity index (χ0n) is 20.2. The molecule has 0 aliphatic carbocycles. The van der Waals surface area contributed by atoms with Gasteiger partial charge in [0.1, 0.15) is 0 Å². The van der Waals surface area contributed by atoms with Gasteiger partial charge in [-0.1, -0.05) is 20.8 Å². The van der Waals surface area contributed by atoms with Gasteiger partial charge in [0.25, 0.3) is 5.91 Å². The van der Waals surface area contributed by atoms with Gasteiger partial charge in [-0.2, -0.15) is 0 Å². The first kappa shape index (κ1) is 24.9. The van der Waals surface area contributed by atoms with Crippen molar-refractivity contribution in [1.82, 2.24) is 25.2 Å². The molecule has 0 aliphatic rings. The Labute approximate surface area is 214 Å². The summed E-state index contributed by atoms with van der Waals surface area (Å²) >= 11 is 5.06. The number of benzene rings is 1. The first-order chi connectivity index (χ1) is 16.5. The Balaban J connectivity index is 1.79. The fourth-order valence-corrected chi connectivity index (χ4v) is 5.17. The smallest absolute Gasteiger partial charge is 0.258 e. The number of anilines is 3. The number of nitrogens with one attached hydrogen (secondary N) is 2. The monoisotopic (exact) mass is 559 g/mol. The van der Waals surface area contributed by atoms with E-state index in [1.165, 1.54) is 9.78 Å². The Bertz CT molecular complexity index is 1390. The summed E-state index contributed by atoms with van der Waals surface area (Å²) in [5.41, 5.74) is 0.701. The first-order valence-electron chi connectivity index (χ1n) is 10.8. The van der Waals surface area contributed by atoms with Crippen molar-refractivity contribution in [1.29, 1.82) is 0 Å². The Morgan fingerprint density at radius 3 is 2.34 bits per heavy atom. The van der Waals surface area contributed by atoms with Gasteiger partial charge in [-0.05, 0) is 62.8 Å². The molecule has 0 spiro atoms. The van der Waals surface area contributed by atoms with Crippen molar-refractivity contribution in [3.8, 4) is 5.75 Å². The second-order valence-electron chi connectivity index (χ2n) is 9.37. The minimum Gasteiger partial charge on any atom is -0.505 e. The van der Waals surface area contributed by atoms with Crippen molar-refractivity contribution in [2.24, 2.45) is 5.41 Å². The molecule has 0 radical (unpaired) electrons. The lowest BCUT2D eigenvalue weighted by Gasteiger charge is -2.31. The third kappa shape index (κ3) is 5.08. The number of aromatic nitrogens is 4. The highest BCUT2D eigenvalue weighted by Crippen LogP contribution is 2.41. The number of carbonyl (C=O) groups is 1. The van der Waals surface area contributed by atoms with Gasteiger partial charge in [0.2, 0.25) is 11.3 Å². The molecule has 3 aromatic heterocycles. The minimum absolute atomic E-state index is 0.0993. The number of halogens is 1. The summed E-state index contributed by atoms with van der Waals surface area (Å²) in [6, 6.07) is 7.41. The maximum Gasteiger partial charge on any atom is 0.258 e. The van der Waals surface area contributed by atoms with Crippen LogP contribution in [0.25, 0.3) is 11.3 Å². The number of phenols is 1. The lowest BCUT2D eigenvalue weighted by atomic mass is 9.86. The van der Waals surface area contributed by atoms with Gasteiger partial charge in [0.05, 0.1) is 17.3 Å². The zero-order chi connectivity index (χ0) is 25.5. The van der Waals surface area contributed by atoms with E-state index in [9.17, 15) is 9.90 Å². The van der Waals surface area contributed by atoms with E-state index in [-0.39, 0.29) is 45.7 Å². The molecule has 1 amide bonds. The molecule has 1 aromatic carbocycles. The predicted molar refractivity (Wildman–Crippen MR) is 139 cm³/mol. The maximum absolute atomic E-state index is 12.7. The molecule has 0 unspecified atom stereocenters. The zero-order valence-corrected chi connectivity index (χ0v) is 22.6. The summed E-state index contributed by atoms with van der Waals surface area (Å²) < 4.78 is 5.29. The quantitative estimate of drug-likeness (QED) is 0.262. The molecule has 0 fully saturated rings. The average molecular weight is 560 g/mol. The minimum atomic E-state index is -0.348. The van der Waals surface area contributed by atoms with E-state index in [1.54, 1.807) is 37.6 Å². The van der Waals surface area contributed by atoms with Crippen molar-refractivity contribution in [3.63, 3.8) is 0 Å². The number of fused-ring (bicyclic) bond motifs is 1. The van der Waals surface area contributed by atoms with Gasteiger partial charge in [0, 0.05) is 28.3 Å². The van der Waals surface area contributed by atoms with Gasteiger partial charge in [-0.25, -0.2) is 14.6 Å². The fraction of sp³-hybridized carbons (Fsp3) is 0.348. The Morgan fingerprint density at radius 1 is 1.11 bits per heavy atom. The second-order valence-corrected chi connectivity index (χ2v) is 11.5. The van der Waals surface area contributed by atoms with Crippen LogP contribution in [0.5, 0.6) is 5.75 Å². The SMILES string of the molecule is Cc1ccc([C@H](Nc2nc3nonc3nc2Nc2ccc(Br)c(C(=O)N(C)C)c2O)C(C)(C)C)s1. The summed E-state index contributed by atoms with van der Waals surface area (Å²) in [4.78, 5) is 25.5. The second kappa shape index (κ2) is 9.42. The van der Waals surface area contributed by atoms with E-state index in [4.69, 9.17) is 4.63 Å². The third-order valence-electron chi connectivity index (χ3n) is 5.31. The molecule has 0 bridgehead atoms. The van der Waals surface area contributed by atoms with Crippen LogP contribution in [0, 0.1) is 12.3 Å². The number of aromatic hydroxyl groups is 1. The third-order valence-corrected chi connectivity index (χ3v) is 7.03. The lowest BCUT2D eigenvalue weighted by molar-refractivity contribution is 0.0824. The maximum atomic E-state index is 12.7. The highest BCUT2D eigenvalue weighted by atomic mass is 79.9. The molecule has 3 heterocycles. The van der Waals surface area contributed by atoms with Gasteiger partial charge in [0.15, 0.2) is 17.4 Å². The van der Waals surface area contributed by atoms with Gasteiger partial charge < -0.3 is 20.6 Å².